The van der Waals surface area contributed by atoms with Crippen molar-refractivity contribution in [3.05, 3.63) is 21.6 Å². The number of nitrogens with zero attached hydrogens (tertiary/aromatic N) is 2. The summed E-state index contributed by atoms with van der Waals surface area (Å²) in [7, 11) is 2.42. The number of nitriles is 2. The highest BCUT2D eigenvalue weighted by Gasteiger charge is 2.33. The van der Waals surface area contributed by atoms with E-state index in [0.29, 0.717) is 23.3 Å². The number of ether oxygens (including phenoxy) is 2. The molecule has 0 aliphatic heterocycles. The van der Waals surface area contributed by atoms with Gasteiger partial charge in [0.2, 0.25) is 0 Å². The van der Waals surface area contributed by atoms with Crippen LogP contribution in [0.2, 0.25) is 0 Å². The van der Waals surface area contributed by atoms with Crippen LogP contribution in [0.5, 0.6) is 0 Å². The lowest BCUT2D eigenvalue weighted by Gasteiger charge is -2.17. The maximum absolute atomic E-state index is 11.7. The first-order chi connectivity index (χ1) is 10.5. The van der Waals surface area contributed by atoms with Crippen LogP contribution in [-0.2, 0) is 19.1 Å². The molecule has 0 aromatic heterocycles. The third-order valence-electron chi connectivity index (χ3n) is 3.47. The molecule has 0 spiro atoms. The molecule has 7 heteroatoms. The van der Waals surface area contributed by atoms with Crippen molar-refractivity contribution >= 4 is 23.7 Å². The van der Waals surface area contributed by atoms with Crippen LogP contribution in [0.4, 0.5) is 0 Å². The number of hydrogen-bond acceptors (Lipinski definition) is 7. The van der Waals surface area contributed by atoms with Crippen LogP contribution in [0.15, 0.2) is 21.6 Å². The highest BCUT2D eigenvalue weighted by Crippen LogP contribution is 2.43. The minimum absolute atomic E-state index is 0.0429. The van der Waals surface area contributed by atoms with Crippen molar-refractivity contribution in [1.29, 1.82) is 10.5 Å². The number of carbonyl (C=O) groups excluding carboxylic acids is 2. The predicted octanol–water partition coefficient (Wildman–Crippen LogP) is 2.09. The number of rotatable bonds is 4. The smallest absolute Gasteiger partial charge is 0.349 e. The largest absolute Gasteiger partial charge is 0.465 e. The van der Waals surface area contributed by atoms with Gasteiger partial charge in [-0.3, -0.25) is 0 Å². The van der Waals surface area contributed by atoms with E-state index in [0.717, 1.165) is 6.42 Å². The van der Waals surface area contributed by atoms with E-state index in [9.17, 15) is 20.1 Å². The Morgan fingerprint density at radius 3 is 2.27 bits per heavy atom. The topological polar surface area (TPSA) is 100 Å². The summed E-state index contributed by atoms with van der Waals surface area (Å²) in [5, 5.41) is 18.5. The molecule has 1 saturated carbocycles. The van der Waals surface area contributed by atoms with Crippen LogP contribution in [0.25, 0.3) is 0 Å². The van der Waals surface area contributed by atoms with Crippen molar-refractivity contribution in [2.24, 2.45) is 5.92 Å². The van der Waals surface area contributed by atoms with Gasteiger partial charge < -0.3 is 9.47 Å². The molecule has 0 saturated heterocycles. The van der Waals surface area contributed by atoms with Gasteiger partial charge in [-0.25, -0.2) is 9.59 Å². The molecule has 0 aromatic carbocycles. The van der Waals surface area contributed by atoms with E-state index < -0.39 is 11.9 Å². The number of hydrogen-bond donors (Lipinski definition) is 0. The molecule has 1 aliphatic carbocycles. The van der Waals surface area contributed by atoms with Crippen LogP contribution in [0.3, 0.4) is 0 Å². The summed E-state index contributed by atoms with van der Waals surface area (Å²) in [5.41, 5.74) is 0.496. The van der Waals surface area contributed by atoms with Crippen molar-refractivity contribution in [3.8, 4) is 12.1 Å². The summed E-state index contributed by atoms with van der Waals surface area (Å²) >= 11 is 1.26. The molecule has 22 heavy (non-hydrogen) atoms. The average Bonchev–Trinajstić information content (AvgIpc) is 3.01. The van der Waals surface area contributed by atoms with Crippen LogP contribution in [-0.4, -0.2) is 32.4 Å². The Labute approximate surface area is 133 Å². The fourth-order valence-electron chi connectivity index (χ4n) is 2.51. The Kier molecular flexibility index (Phi) is 6.68. The minimum Gasteiger partial charge on any atom is -0.465 e. The fraction of sp³-hybridized carbons (Fsp3) is 0.467. The van der Waals surface area contributed by atoms with Gasteiger partial charge in [-0.1, -0.05) is 0 Å². The zero-order valence-electron chi connectivity index (χ0n) is 12.6. The standard InChI is InChI=1S/C15H16N2O4S/c1-20-14(18)11(7-16)9-5-4-6-10(9)13(22-3)12(8-17)15(19)21-2/h10H,4-6H2,1-3H3/b11-9+,13-12+. The fourth-order valence-corrected chi connectivity index (χ4v) is 3.38. The molecular formula is C15H16N2O4S. The summed E-state index contributed by atoms with van der Waals surface area (Å²) in [6.07, 6.45) is 3.74. The summed E-state index contributed by atoms with van der Waals surface area (Å²) in [4.78, 5) is 24.0. The Bertz CT molecular complexity index is 622. The average molecular weight is 320 g/mol. The summed E-state index contributed by atoms with van der Waals surface area (Å²) in [6.45, 7) is 0. The minimum atomic E-state index is -0.713. The lowest BCUT2D eigenvalue weighted by Crippen LogP contribution is -2.13. The first-order valence-electron chi connectivity index (χ1n) is 6.53. The van der Waals surface area contributed by atoms with Crippen molar-refractivity contribution in [1.82, 2.24) is 0 Å². The van der Waals surface area contributed by atoms with E-state index in [1.54, 1.807) is 6.26 Å². The zero-order chi connectivity index (χ0) is 16.7. The van der Waals surface area contributed by atoms with Crippen molar-refractivity contribution < 1.29 is 19.1 Å². The normalized spacial score (nSPS) is 20.3. The van der Waals surface area contributed by atoms with Gasteiger partial charge in [-0.15, -0.1) is 11.8 Å². The Balaban J connectivity index is 3.45. The lowest BCUT2D eigenvalue weighted by molar-refractivity contribution is -0.136. The van der Waals surface area contributed by atoms with Gasteiger partial charge in [0.05, 0.1) is 14.2 Å². The second-order valence-corrected chi connectivity index (χ2v) is 5.34. The molecular weight excluding hydrogens is 304 g/mol. The second-order valence-electron chi connectivity index (χ2n) is 4.50. The number of methoxy groups -OCH3 is 2. The van der Waals surface area contributed by atoms with Crippen molar-refractivity contribution in [2.75, 3.05) is 20.5 Å². The molecule has 1 aliphatic rings. The maximum atomic E-state index is 11.7. The Hall–Kier alpha value is -2.25. The van der Waals surface area contributed by atoms with E-state index in [2.05, 4.69) is 9.47 Å². The lowest BCUT2D eigenvalue weighted by atomic mass is 9.95. The van der Waals surface area contributed by atoms with Gasteiger partial charge >= 0.3 is 11.9 Å². The van der Waals surface area contributed by atoms with Crippen molar-refractivity contribution in [2.45, 2.75) is 19.3 Å². The molecule has 1 rings (SSSR count). The SMILES string of the molecule is COC(=O)/C(C#N)=C1\CCCC1/C(SC)=C(/C#N)C(=O)OC. The van der Waals surface area contributed by atoms with Gasteiger partial charge in [0, 0.05) is 10.8 Å². The van der Waals surface area contributed by atoms with Gasteiger partial charge in [0.1, 0.15) is 23.3 Å². The predicted molar refractivity (Wildman–Crippen MR) is 80.2 cm³/mol. The molecule has 1 fully saturated rings. The van der Waals surface area contributed by atoms with Gasteiger partial charge in [-0.05, 0) is 31.1 Å². The van der Waals surface area contributed by atoms with Crippen LogP contribution >= 0.6 is 11.8 Å². The third-order valence-corrected chi connectivity index (χ3v) is 4.39. The Morgan fingerprint density at radius 1 is 1.18 bits per heavy atom. The van der Waals surface area contributed by atoms with E-state index in [4.69, 9.17) is 0 Å². The number of carbonyl (C=O) groups is 2. The second kappa shape index (κ2) is 8.26. The molecule has 0 amide bonds. The van der Waals surface area contributed by atoms with E-state index >= 15 is 0 Å². The highest BCUT2D eigenvalue weighted by atomic mass is 32.2. The van der Waals surface area contributed by atoms with E-state index in [1.165, 1.54) is 26.0 Å². The summed E-state index contributed by atoms with van der Waals surface area (Å²) in [6, 6.07) is 3.74. The molecule has 0 N–H and O–H groups in total. The third kappa shape index (κ3) is 3.49. The van der Waals surface area contributed by atoms with Crippen LogP contribution in [0.1, 0.15) is 19.3 Å². The first kappa shape index (κ1) is 17.8. The van der Waals surface area contributed by atoms with Gasteiger partial charge in [0.25, 0.3) is 0 Å². The summed E-state index contributed by atoms with van der Waals surface area (Å²) < 4.78 is 9.26. The Morgan fingerprint density at radius 2 is 1.82 bits per heavy atom. The molecule has 0 heterocycles. The van der Waals surface area contributed by atoms with Gasteiger partial charge in [-0.2, -0.15) is 10.5 Å². The van der Waals surface area contributed by atoms with Gasteiger partial charge in [0.15, 0.2) is 0 Å². The van der Waals surface area contributed by atoms with Crippen LogP contribution < -0.4 is 0 Å². The number of esters is 2. The van der Waals surface area contributed by atoms with E-state index in [-0.39, 0.29) is 17.1 Å². The van der Waals surface area contributed by atoms with Crippen molar-refractivity contribution in [3.63, 3.8) is 0 Å². The number of allylic oxidation sites excluding steroid dienone is 2. The molecule has 1 atom stereocenters. The molecule has 116 valence electrons. The number of thioether (sulfide) groups is 1. The molecule has 0 bridgehead atoms. The monoisotopic (exact) mass is 320 g/mol. The molecule has 0 aromatic rings. The molecule has 6 nitrogen and oxygen atoms in total. The van der Waals surface area contributed by atoms with Crippen LogP contribution in [0, 0.1) is 28.6 Å². The molecule has 0 radical (unpaired) electrons. The zero-order valence-corrected chi connectivity index (χ0v) is 13.5. The summed E-state index contributed by atoms with van der Waals surface area (Å²) in [5.74, 6) is -1.71. The molecule has 1 unspecified atom stereocenters. The quantitative estimate of drug-likeness (QED) is 0.444. The first-order valence-corrected chi connectivity index (χ1v) is 7.76. The van der Waals surface area contributed by atoms with E-state index in [1.807, 2.05) is 12.1 Å². The highest BCUT2D eigenvalue weighted by molar-refractivity contribution is 8.02. The maximum Gasteiger partial charge on any atom is 0.349 e.